The van der Waals surface area contributed by atoms with Crippen molar-refractivity contribution in [2.24, 2.45) is 23.7 Å². The van der Waals surface area contributed by atoms with E-state index in [9.17, 15) is 29.7 Å². The fourth-order valence-electron chi connectivity index (χ4n) is 5.61. The van der Waals surface area contributed by atoms with Gasteiger partial charge in [0.1, 0.15) is 0 Å². The second kappa shape index (κ2) is 12.6. The van der Waals surface area contributed by atoms with Crippen LogP contribution < -0.4 is 4.74 Å². The second-order valence-electron chi connectivity index (χ2n) is 10.0. The number of allylic oxidation sites excluding steroid dienone is 2. The third kappa shape index (κ3) is 5.76. The molecule has 1 aromatic carbocycles. The summed E-state index contributed by atoms with van der Waals surface area (Å²) in [4.78, 5) is 38.8. The van der Waals surface area contributed by atoms with Gasteiger partial charge in [0, 0.05) is 5.92 Å². The van der Waals surface area contributed by atoms with Gasteiger partial charge in [-0.3, -0.25) is 9.59 Å². The first-order chi connectivity index (χ1) is 18.0. The van der Waals surface area contributed by atoms with Crippen LogP contribution in [-0.2, 0) is 14.3 Å². The predicted molar refractivity (Wildman–Crippen MR) is 149 cm³/mol. The zero-order valence-corrected chi connectivity index (χ0v) is 24.5. The number of imide groups is 3. The molecule has 3 N–H and O–H groups in total. The van der Waals surface area contributed by atoms with Crippen LogP contribution in [0.4, 0.5) is 4.79 Å². The Morgan fingerprint density at radius 3 is 2.47 bits per heavy atom. The molecule has 0 bridgehead atoms. The number of aromatic hydroxyl groups is 1. The topological polar surface area (TPSA) is 134 Å². The largest absolute Gasteiger partial charge is 0.504 e. The van der Waals surface area contributed by atoms with Crippen molar-refractivity contribution in [1.82, 2.24) is 4.90 Å². The molecule has 0 radical (unpaired) electrons. The maximum Gasteiger partial charge on any atom is 0.423 e. The number of phenols is 1. The molecule has 1 fully saturated rings. The summed E-state index contributed by atoms with van der Waals surface area (Å²) >= 11 is 2.04. The number of amides is 3. The fraction of sp³-hybridized carbons (Fsp3) is 0.536. The minimum Gasteiger partial charge on any atom is -0.504 e. The summed E-state index contributed by atoms with van der Waals surface area (Å²) in [7, 11) is 2.60. The highest BCUT2D eigenvalue weighted by molar-refractivity contribution is 14.1. The van der Waals surface area contributed by atoms with Crippen LogP contribution in [0.15, 0.2) is 28.9 Å². The molecule has 9 nitrogen and oxygen atoms in total. The molecule has 0 spiro atoms. The summed E-state index contributed by atoms with van der Waals surface area (Å²) in [6, 6.07) is 3.60. The summed E-state index contributed by atoms with van der Waals surface area (Å²) in [5.41, 5.74) is 3.36. The van der Waals surface area contributed by atoms with E-state index in [2.05, 4.69) is 4.74 Å². The standard InChI is InChI=1S/C28H36INO8/c1-6-15(9-16-10-20(29)25(33)22(11-16)37-4)7-8-21(32)23-17(14(2)3)12-18-24(19(23)13-31)27(35)30(26(18)34)28(36)38-5/h9-11,14,18-19,21,24,31-33H,6-8,12-13H2,1-5H3/b15-9+/t18-,19+,21-,24-/m1/s1. The molecule has 1 aromatic rings. The van der Waals surface area contributed by atoms with Crippen molar-refractivity contribution < 1.29 is 39.2 Å². The Morgan fingerprint density at radius 2 is 1.92 bits per heavy atom. The number of likely N-dealkylation sites (tertiary alicyclic amines) is 1. The number of methoxy groups -OCH3 is 2. The van der Waals surface area contributed by atoms with E-state index in [0.717, 1.165) is 30.2 Å². The van der Waals surface area contributed by atoms with Gasteiger partial charge in [0.15, 0.2) is 11.5 Å². The van der Waals surface area contributed by atoms with E-state index >= 15 is 0 Å². The highest BCUT2D eigenvalue weighted by Gasteiger charge is 2.57. The number of rotatable bonds is 9. The molecule has 1 saturated heterocycles. The van der Waals surface area contributed by atoms with Crippen LogP contribution in [0, 0.1) is 27.2 Å². The molecule has 0 unspecified atom stereocenters. The van der Waals surface area contributed by atoms with Crippen LogP contribution in [0.25, 0.3) is 6.08 Å². The van der Waals surface area contributed by atoms with Crippen LogP contribution in [0.2, 0.25) is 0 Å². The van der Waals surface area contributed by atoms with Crippen molar-refractivity contribution in [3.8, 4) is 11.5 Å². The van der Waals surface area contributed by atoms with E-state index in [-0.39, 0.29) is 18.1 Å². The lowest BCUT2D eigenvalue weighted by molar-refractivity contribution is -0.137. The Labute approximate surface area is 236 Å². The Balaban J connectivity index is 1.90. The summed E-state index contributed by atoms with van der Waals surface area (Å²) < 4.78 is 10.6. The van der Waals surface area contributed by atoms with Crippen molar-refractivity contribution in [1.29, 1.82) is 0 Å². The lowest BCUT2D eigenvalue weighted by atomic mass is 9.66. The number of aliphatic hydroxyl groups is 2. The first-order valence-electron chi connectivity index (χ1n) is 12.7. The van der Waals surface area contributed by atoms with Gasteiger partial charge >= 0.3 is 6.09 Å². The number of hydrogen-bond donors (Lipinski definition) is 3. The van der Waals surface area contributed by atoms with E-state index in [1.54, 1.807) is 6.07 Å². The van der Waals surface area contributed by atoms with Gasteiger partial charge in [-0.2, -0.15) is 4.90 Å². The van der Waals surface area contributed by atoms with Gasteiger partial charge in [0.05, 0.1) is 42.3 Å². The average molecular weight is 641 g/mol. The summed E-state index contributed by atoms with van der Waals surface area (Å²) in [6.45, 7) is 5.49. The average Bonchev–Trinajstić information content (AvgIpc) is 3.15. The van der Waals surface area contributed by atoms with Gasteiger partial charge in [-0.15, -0.1) is 0 Å². The smallest absolute Gasteiger partial charge is 0.423 e. The number of aliphatic hydroxyl groups excluding tert-OH is 2. The second-order valence-corrected chi connectivity index (χ2v) is 11.2. The lowest BCUT2D eigenvalue weighted by Gasteiger charge is -2.38. The van der Waals surface area contributed by atoms with Crippen molar-refractivity contribution in [2.45, 2.75) is 52.6 Å². The Kier molecular flexibility index (Phi) is 9.99. The van der Waals surface area contributed by atoms with Crippen molar-refractivity contribution in [3.63, 3.8) is 0 Å². The van der Waals surface area contributed by atoms with Gasteiger partial charge in [0.25, 0.3) is 0 Å². The normalized spacial score (nSPS) is 22.7. The first kappa shape index (κ1) is 30.1. The van der Waals surface area contributed by atoms with E-state index in [1.165, 1.54) is 7.11 Å². The van der Waals surface area contributed by atoms with Gasteiger partial charge in [0.2, 0.25) is 11.8 Å². The number of fused-ring (bicyclic) bond motifs is 1. The highest BCUT2D eigenvalue weighted by Crippen LogP contribution is 2.48. The highest BCUT2D eigenvalue weighted by atomic mass is 127. The molecule has 1 aliphatic carbocycles. The minimum absolute atomic E-state index is 0.0301. The number of phenolic OH excluding ortho intramolecular Hbond substituents is 1. The van der Waals surface area contributed by atoms with Crippen LogP contribution in [0.3, 0.4) is 0 Å². The molecule has 1 aliphatic heterocycles. The van der Waals surface area contributed by atoms with Gasteiger partial charge in [-0.25, -0.2) is 4.79 Å². The Morgan fingerprint density at radius 1 is 1.24 bits per heavy atom. The SMILES string of the molecule is CC/C(=C\c1cc(I)c(O)c(OC)c1)CC[C@@H](O)C1=C(C(C)C)C[C@H]2C(=O)N(C(=O)OC)C(=O)[C@H]2[C@H]1CO. The maximum atomic E-state index is 13.1. The number of nitrogens with zero attached hydrogens (tertiary/aromatic N) is 1. The van der Waals surface area contributed by atoms with Crippen molar-refractivity contribution in [2.75, 3.05) is 20.8 Å². The van der Waals surface area contributed by atoms with Gasteiger partial charge in [-0.05, 0) is 77.5 Å². The molecule has 38 heavy (non-hydrogen) atoms. The lowest BCUT2D eigenvalue weighted by Crippen LogP contribution is -2.40. The summed E-state index contributed by atoms with van der Waals surface area (Å²) in [5.74, 6) is -3.35. The fourth-order valence-corrected chi connectivity index (χ4v) is 6.24. The van der Waals surface area contributed by atoms with Crippen LogP contribution >= 0.6 is 22.6 Å². The number of halogens is 1. The van der Waals surface area contributed by atoms with Gasteiger partial charge in [-0.1, -0.05) is 38.0 Å². The van der Waals surface area contributed by atoms with E-state index in [0.29, 0.717) is 32.6 Å². The van der Waals surface area contributed by atoms with Crippen molar-refractivity contribution >= 4 is 46.6 Å². The summed E-state index contributed by atoms with van der Waals surface area (Å²) in [5, 5.41) is 31.9. The number of carbonyl (C=O) groups excluding carboxylic acids is 3. The predicted octanol–water partition coefficient (Wildman–Crippen LogP) is 4.27. The molecule has 1 heterocycles. The molecule has 4 atom stereocenters. The zero-order chi connectivity index (χ0) is 28.3. The Bertz CT molecular complexity index is 1160. The molecule has 2 aliphatic rings. The monoisotopic (exact) mass is 641 g/mol. The molecule has 0 saturated carbocycles. The number of hydrogen-bond acceptors (Lipinski definition) is 8. The molecule has 0 aromatic heterocycles. The molecule has 208 valence electrons. The Hall–Kier alpha value is -2.44. The molecular formula is C28H36INO8. The van der Waals surface area contributed by atoms with E-state index < -0.39 is 48.4 Å². The van der Waals surface area contributed by atoms with Crippen molar-refractivity contribution in [3.05, 3.63) is 38.0 Å². The number of benzene rings is 1. The van der Waals surface area contributed by atoms with Gasteiger partial charge < -0.3 is 24.8 Å². The molecular weight excluding hydrogens is 605 g/mol. The quantitative estimate of drug-likeness (QED) is 0.207. The minimum atomic E-state index is -1.03. The number of ether oxygens (including phenoxy) is 2. The first-order valence-corrected chi connectivity index (χ1v) is 13.8. The number of carbonyl (C=O) groups is 3. The van der Waals surface area contributed by atoms with E-state index in [4.69, 9.17) is 4.74 Å². The van der Waals surface area contributed by atoms with Crippen LogP contribution in [-0.4, -0.2) is 65.1 Å². The zero-order valence-electron chi connectivity index (χ0n) is 22.4. The molecule has 3 amide bonds. The van der Waals surface area contributed by atoms with E-state index in [1.807, 2.05) is 55.5 Å². The molecule has 10 heteroatoms. The van der Waals surface area contributed by atoms with Crippen LogP contribution in [0.5, 0.6) is 11.5 Å². The third-order valence-electron chi connectivity index (χ3n) is 7.56. The molecule has 3 rings (SSSR count). The summed E-state index contributed by atoms with van der Waals surface area (Å²) in [6.07, 6.45) is 1.92. The maximum absolute atomic E-state index is 13.1. The van der Waals surface area contributed by atoms with Crippen LogP contribution in [0.1, 0.15) is 52.0 Å². The third-order valence-corrected chi connectivity index (χ3v) is 8.39.